The maximum Gasteiger partial charge on any atom is 0.224 e. The second-order valence-electron chi connectivity index (χ2n) is 3.91. The SMILES string of the molecule is COCc1nc(Cl)cc(Oc2cc(C)ccc2F)n1. The number of hydrogen-bond donors (Lipinski definition) is 0. The Morgan fingerprint density at radius 1 is 1.26 bits per heavy atom. The van der Waals surface area contributed by atoms with Gasteiger partial charge < -0.3 is 9.47 Å². The van der Waals surface area contributed by atoms with Crippen LogP contribution in [0.2, 0.25) is 5.15 Å². The number of hydrogen-bond acceptors (Lipinski definition) is 4. The van der Waals surface area contributed by atoms with Gasteiger partial charge in [0.2, 0.25) is 5.88 Å². The van der Waals surface area contributed by atoms with Crippen LogP contribution in [-0.2, 0) is 11.3 Å². The molecule has 0 N–H and O–H groups in total. The van der Waals surface area contributed by atoms with Crippen molar-refractivity contribution < 1.29 is 13.9 Å². The number of rotatable bonds is 4. The second-order valence-corrected chi connectivity index (χ2v) is 4.30. The molecule has 0 bridgehead atoms. The van der Waals surface area contributed by atoms with Crippen LogP contribution in [0.5, 0.6) is 11.6 Å². The Morgan fingerprint density at radius 2 is 2.05 bits per heavy atom. The van der Waals surface area contributed by atoms with E-state index < -0.39 is 5.82 Å². The van der Waals surface area contributed by atoms with Crippen LogP contribution in [-0.4, -0.2) is 17.1 Å². The summed E-state index contributed by atoms with van der Waals surface area (Å²) in [6, 6.07) is 6.00. The van der Waals surface area contributed by atoms with Crippen molar-refractivity contribution in [3.63, 3.8) is 0 Å². The van der Waals surface area contributed by atoms with Crippen molar-refractivity contribution in [2.45, 2.75) is 13.5 Å². The zero-order valence-corrected chi connectivity index (χ0v) is 11.2. The van der Waals surface area contributed by atoms with Crippen molar-refractivity contribution in [2.75, 3.05) is 7.11 Å². The first kappa shape index (κ1) is 13.7. The predicted molar refractivity (Wildman–Crippen MR) is 69.0 cm³/mol. The van der Waals surface area contributed by atoms with E-state index in [1.54, 1.807) is 12.1 Å². The molecule has 0 fully saturated rings. The molecule has 4 nitrogen and oxygen atoms in total. The summed E-state index contributed by atoms with van der Waals surface area (Å²) in [5.41, 5.74) is 0.883. The predicted octanol–water partition coefficient (Wildman–Crippen LogP) is 3.52. The maximum atomic E-state index is 13.6. The first-order valence-electron chi connectivity index (χ1n) is 5.55. The molecule has 0 radical (unpaired) electrons. The van der Waals surface area contributed by atoms with Gasteiger partial charge in [-0.2, -0.15) is 4.98 Å². The van der Waals surface area contributed by atoms with Crippen molar-refractivity contribution in [2.24, 2.45) is 0 Å². The number of aryl methyl sites for hydroxylation is 1. The van der Waals surface area contributed by atoms with Gasteiger partial charge in [-0.25, -0.2) is 9.37 Å². The summed E-state index contributed by atoms with van der Waals surface area (Å²) in [6.07, 6.45) is 0. The number of methoxy groups -OCH3 is 1. The molecule has 0 spiro atoms. The average Bonchev–Trinajstić information content (AvgIpc) is 2.33. The lowest BCUT2D eigenvalue weighted by atomic mass is 10.2. The zero-order chi connectivity index (χ0) is 13.8. The Kier molecular flexibility index (Phi) is 4.29. The molecule has 0 aliphatic carbocycles. The van der Waals surface area contributed by atoms with E-state index in [2.05, 4.69) is 9.97 Å². The minimum Gasteiger partial charge on any atom is -0.436 e. The van der Waals surface area contributed by atoms with E-state index in [0.29, 0.717) is 5.82 Å². The molecule has 19 heavy (non-hydrogen) atoms. The molecule has 0 saturated heterocycles. The molecule has 2 aromatic rings. The molecular weight excluding hydrogens is 271 g/mol. The fourth-order valence-corrected chi connectivity index (χ4v) is 1.68. The number of benzene rings is 1. The third kappa shape index (κ3) is 3.62. The van der Waals surface area contributed by atoms with Crippen LogP contribution in [0.1, 0.15) is 11.4 Å². The molecule has 0 aliphatic heterocycles. The maximum absolute atomic E-state index is 13.6. The van der Waals surface area contributed by atoms with Crippen molar-refractivity contribution >= 4 is 11.6 Å². The van der Waals surface area contributed by atoms with Gasteiger partial charge >= 0.3 is 0 Å². The van der Waals surface area contributed by atoms with Gasteiger partial charge in [0.1, 0.15) is 11.8 Å². The average molecular weight is 283 g/mol. The molecule has 0 atom stereocenters. The lowest BCUT2D eigenvalue weighted by Crippen LogP contribution is -2.00. The van der Waals surface area contributed by atoms with Gasteiger partial charge in [0.05, 0.1) is 0 Å². The largest absolute Gasteiger partial charge is 0.436 e. The Labute approximate surface area is 115 Å². The number of ether oxygens (including phenoxy) is 2. The van der Waals surface area contributed by atoms with Crippen LogP contribution in [0.3, 0.4) is 0 Å². The fraction of sp³-hybridized carbons (Fsp3) is 0.231. The van der Waals surface area contributed by atoms with Gasteiger partial charge in [-0.3, -0.25) is 0 Å². The van der Waals surface area contributed by atoms with Crippen molar-refractivity contribution in [3.05, 3.63) is 46.6 Å². The molecule has 1 aromatic heterocycles. The number of aromatic nitrogens is 2. The van der Waals surface area contributed by atoms with Gasteiger partial charge in [0, 0.05) is 13.2 Å². The smallest absolute Gasteiger partial charge is 0.224 e. The van der Waals surface area contributed by atoms with Crippen molar-refractivity contribution in [1.82, 2.24) is 9.97 Å². The van der Waals surface area contributed by atoms with Crippen LogP contribution in [0.4, 0.5) is 4.39 Å². The van der Waals surface area contributed by atoms with Gasteiger partial charge in [0.25, 0.3) is 0 Å². The van der Waals surface area contributed by atoms with Crippen LogP contribution in [0, 0.1) is 12.7 Å². The summed E-state index contributed by atoms with van der Waals surface area (Å²) >= 11 is 5.84. The van der Waals surface area contributed by atoms with Crippen LogP contribution in [0.25, 0.3) is 0 Å². The molecule has 0 amide bonds. The molecule has 0 saturated carbocycles. The van der Waals surface area contributed by atoms with Gasteiger partial charge in [-0.05, 0) is 24.6 Å². The lowest BCUT2D eigenvalue weighted by Gasteiger charge is -2.08. The quantitative estimate of drug-likeness (QED) is 0.805. The highest BCUT2D eigenvalue weighted by Gasteiger charge is 2.09. The van der Waals surface area contributed by atoms with E-state index in [1.807, 2.05) is 6.92 Å². The molecule has 0 unspecified atom stereocenters. The third-order valence-electron chi connectivity index (χ3n) is 2.29. The molecular formula is C13H12ClFN2O2. The Hall–Kier alpha value is -1.72. The van der Waals surface area contributed by atoms with E-state index in [4.69, 9.17) is 21.1 Å². The highest BCUT2D eigenvalue weighted by molar-refractivity contribution is 6.29. The standard InChI is InChI=1S/C13H12ClFN2O2/c1-8-3-4-9(15)10(5-8)19-13-6-11(14)16-12(17-13)7-18-2/h3-6H,7H2,1-2H3. The Morgan fingerprint density at radius 3 is 2.79 bits per heavy atom. The Balaban J connectivity index is 2.29. The summed E-state index contributed by atoms with van der Waals surface area (Å²) in [5, 5.41) is 0.213. The number of halogens is 2. The highest BCUT2D eigenvalue weighted by Crippen LogP contribution is 2.25. The fourth-order valence-electron chi connectivity index (χ4n) is 1.49. The lowest BCUT2D eigenvalue weighted by molar-refractivity contribution is 0.177. The third-order valence-corrected chi connectivity index (χ3v) is 2.49. The van der Waals surface area contributed by atoms with Gasteiger partial charge in [-0.15, -0.1) is 0 Å². The molecule has 1 heterocycles. The molecule has 1 aromatic carbocycles. The second kappa shape index (κ2) is 5.95. The first-order valence-corrected chi connectivity index (χ1v) is 5.92. The summed E-state index contributed by atoms with van der Waals surface area (Å²) < 4.78 is 23.9. The highest BCUT2D eigenvalue weighted by atomic mass is 35.5. The van der Waals surface area contributed by atoms with E-state index in [0.717, 1.165) is 5.56 Å². The monoisotopic (exact) mass is 282 g/mol. The summed E-state index contributed by atoms with van der Waals surface area (Å²) in [4.78, 5) is 8.04. The van der Waals surface area contributed by atoms with E-state index in [1.165, 1.54) is 19.2 Å². The Bertz CT molecular complexity index is 593. The molecule has 6 heteroatoms. The normalized spacial score (nSPS) is 10.5. The molecule has 2 rings (SSSR count). The summed E-state index contributed by atoms with van der Waals surface area (Å²) in [7, 11) is 1.52. The molecule has 100 valence electrons. The van der Waals surface area contributed by atoms with Crippen LogP contribution < -0.4 is 4.74 Å². The van der Waals surface area contributed by atoms with E-state index >= 15 is 0 Å². The minimum atomic E-state index is -0.464. The molecule has 0 aliphatic rings. The topological polar surface area (TPSA) is 44.2 Å². The summed E-state index contributed by atoms with van der Waals surface area (Å²) in [6.45, 7) is 2.04. The zero-order valence-electron chi connectivity index (χ0n) is 10.5. The van der Waals surface area contributed by atoms with Gasteiger partial charge in [0.15, 0.2) is 17.4 Å². The first-order chi connectivity index (χ1) is 9.08. The van der Waals surface area contributed by atoms with E-state index in [-0.39, 0.29) is 23.4 Å². The van der Waals surface area contributed by atoms with Crippen LogP contribution in [0.15, 0.2) is 24.3 Å². The van der Waals surface area contributed by atoms with Crippen LogP contribution >= 0.6 is 11.6 Å². The van der Waals surface area contributed by atoms with Crippen molar-refractivity contribution in [1.29, 1.82) is 0 Å². The number of nitrogens with zero attached hydrogens (tertiary/aromatic N) is 2. The van der Waals surface area contributed by atoms with Crippen molar-refractivity contribution in [3.8, 4) is 11.6 Å². The van der Waals surface area contributed by atoms with E-state index in [9.17, 15) is 4.39 Å². The summed E-state index contributed by atoms with van der Waals surface area (Å²) in [5.74, 6) is 0.182. The minimum absolute atomic E-state index is 0.0955. The van der Waals surface area contributed by atoms with Gasteiger partial charge in [-0.1, -0.05) is 17.7 Å².